The van der Waals surface area contributed by atoms with Gasteiger partial charge in [0.2, 0.25) is 0 Å². The van der Waals surface area contributed by atoms with Crippen molar-refractivity contribution in [3.05, 3.63) is 52.5 Å². The lowest BCUT2D eigenvalue weighted by atomic mass is 10.3. The zero-order chi connectivity index (χ0) is 10.5. The zero-order valence-corrected chi connectivity index (χ0v) is 8.88. The molecule has 0 aliphatic carbocycles. The Morgan fingerprint density at radius 3 is 3.00 bits per heavy atom. The minimum Gasteiger partial charge on any atom is -0.347 e. The molecule has 0 aliphatic rings. The Hall–Kier alpha value is -1.68. The van der Waals surface area contributed by atoms with Crippen LogP contribution in [-0.4, -0.2) is 5.91 Å². The summed E-state index contributed by atoms with van der Waals surface area (Å²) in [5, 5.41) is 4.75. The molecule has 0 saturated carbocycles. The number of thiophene rings is 1. The number of aromatic nitrogens is 1. The first-order valence-electron chi connectivity index (χ1n) is 4.63. The number of rotatable bonds is 3. The number of nitrogens with one attached hydrogen (secondary N) is 2. The highest BCUT2D eigenvalue weighted by molar-refractivity contribution is 7.12. The van der Waals surface area contributed by atoms with Gasteiger partial charge in [0.05, 0.1) is 4.88 Å². The van der Waals surface area contributed by atoms with Gasteiger partial charge >= 0.3 is 0 Å². The third kappa shape index (κ3) is 2.63. The first kappa shape index (κ1) is 9.86. The minimum atomic E-state index is -0.0196. The maximum Gasteiger partial charge on any atom is 0.261 e. The molecule has 2 heterocycles. The van der Waals surface area contributed by atoms with Gasteiger partial charge in [0.1, 0.15) is 0 Å². The van der Waals surface area contributed by atoms with E-state index in [4.69, 9.17) is 0 Å². The number of aromatic amines is 1. The number of hydrogen-bond donors (Lipinski definition) is 1. The molecule has 15 heavy (non-hydrogen) atoms. The average Bonchev–Trinajstić information content (AvgIpc) is 2.81. The second-order valence-corrected chi connectivity index (χ2v) is 4.02. The van der Waals surface area contributed by atoms with Gasteiger partial charge in [0.25, 0.3) is 5.91 Å². The van der Waals surface area contributed by atoms with E-state index >= 15 is 0 Å². The van der Waals surface area contributed by atoms with Gasteiger partial charge in [-0.05, 0) is 17.5 Å². The molecule has 2 rings (SSSR count). The van der Waals surface area contributed by atoms with Gasteiger partial charge in [-0.2, -0.15) is 0 Å². The zero-order valence-electron chi connectivity index (χ0n) is 8.07. The summed E-state index contributed by atoms with van der Waals surface area (Å²) in [5.41, 5.74) is 1.06. The summed E-state index contributed by atoms with van der Waals surface area (Å²) in [6.45, 7) is 0.550. The van der Waals surface area contributed by atoms with E-state index in [-0.39, 0.29) is 5.91 Å². The van der Waals surface area contributed by atoms with E-state index in [0.717, 1.165) is 10.4 Å². The predicted octanol–water partition coefficient (Wildman–Crippen LogP) is 1.49. The van der Waals surface area contributed by atoms with Crippen LogP contribution < -0.4 is 10.3 Å². The van der Waals surface area contributed by atoms with E-state index < -0.39 is 0 Å². The third-order valence-electron chi connectivity index (χ3n) is 1.97. The maximum atomic E-state index is 11.6. The molecule has 0 aliphatic heterocycles. The highest BCUT2D eigenvalue weighted by atomic mass is 32.1. The highest BCUT2D eigenvalue weighted by Crippen LogP contribution is 2.07. The molecule has 0 spiro atoms. The summed E-state index contributed by atoms with van der Waals surface area (Å²) < 4.78 is 0. The van der Waals surface area contributed by atoms with E-state index in [1.807, 2.05) is 42.0 Å². The summed E-state index contributed by atoms with van der Waals surface area (Å²) in [7, 11) is 0. The Kier molecular flexibility index (Phi) is 3.09. The van der Waals surface area contributed by atoms with Gasteiger partial charge in [0, 0.05) is 18.2 Å². The van der Waals surface area contributed by atoms with Crippen molar-refractivity contribution >= 4 is 17.2 Å². The molecule has 0 aromatic carbocycles. The van der Waals surface area contributed by atoms with E-state index in [2.05, 4.69) is 10.3 Å². The molecule has 0 unspecified atom stereocenters. The SMILES string of the molecule is O=C(NCc1ccc[nH+]c1)c1cccs1. The second kappa shape index (κ2) is 4.70. The molecular weight excluding hydrogens is 208 g/mol. The van der Waals surface area contributed by atoms with Crippen molar-refractivity contribution in [3.8, 4) is 0 Å². The minimum absolute atomic E-state index is 0.0196. The van der Waals surface area contributed by atoms with Gasteiger partial charge < -0.3 is 5.32 Å². The molecule has 0 atom stereocenters. The number of pyridine rings is 1. The third-order valence-corrected chi connectivity index (χ3v) is 2.84. The van der Waals surface area contributed by atoms with Gasteiger partial charge in [-0.3, -0.25) is 4.79 Å². The van der Waals surface area contributed by atoms with E-state index in [9.17, 15) is 4.79 Å². The molecule has 2 aromatic heterocycles. The molecule has 76 valence electrons. The van der Waals surface area contributed by atoms with Crippen LogP contribution in [0, 0.1) is 0 Å². The lowest BCUT2D eigenvalue weighted by Gasteiger charge is -2.00. The monoisotopic (exact) mass is 219 g/mol. The maximum absolute atomic E-state index is 11.6. The molecular formula is C11H11N2OS+. The Bertz CT molecular complexity index is 425. The van der Waals surface area contributed by atoms with Crippen molar-refractivity contribution < 1.29 is 9.78 Å². The van der Waals surface area contributed by atoms with Gasteiger partial charge in [-0.1, -0.05) is 6.07 Å². The van der Waals surface area contributed by atoms with Crippen LogP contribution in [0.2, 0.25) is 0 Å². The Morgan fingerprint density at radius 1 is 1.40 bits per heavy atom. The molecule has 3 nitrogen and oxygen atoms in total. The van der Waals surface area contributed by atoms with E-state index in [1.165, 1.54) is 11.3 Å². The highest BCUT2D eigenvalue weighted by Gasteiger charge is 2.05. The summed E-state index contributed by atoms with van der Waals surface area (Å²) in [6.07, 6.45) is 3.71. The van der Waals surface area contributed by atoms with Crippen molar-refractivity contribution in [1.82, 2.24) is 5.32 Å². The number of carbonyl (C=O) groups is 1. The lowest BCUT2D eigenvalue weighted by Crippen LogP contribution is -2.22. The molecule has 0 radical (unpaired) electrons. The topological polar surface area (TPSA) is 43.2 Å². The van der Waals surface area contributed by atoms with Crippen molar-refractivity contribution in [2.24, 2.45) is 0 Å². The second-order valence-electron chi connectivity index (χ2n) is 3.07. The predicted molar refractivity (Wildman–Crippen MR) is 58.5 cm³/mol. The van der Waals surface area contributed by atoms with Gasteiger partial charge in [0.15, 0.2) is 12.4 Å². The summed E-state index contributed by atoms with van der Waals surface area (Å²) in [6, 6.07) is 7.56. The van der Waals surface area contributed by atoms with Crippen molar-refractivity contribution in [3.63, 3.8) is 0 Å². The van der Waals surface area contributed by atoms with Crippen LogP contribution in [0.4, 0.5) is 0 Å². The summed E-state index contributed by atoms with van der Waals surface area (Å²) in [5.74, 6) is -0.0196. The van der Waals surface area contributed by atoms with E-state index in [1.54, 1.807) is 0 Å². The Labute approximate surface area is 91.8 Å². The fraction of sp³-hybridized carbons (Fsp3) is 0.0909. The summed E-state index contributed by atoms with van der Waals surface area (Å²) >= 11 is 1.45. The quantitative estimate of drug-likeness (QED) is 0.835. The van der Waals surface area contributed by atoms with Crippen LogP contribution in [0.3, 0.4) is 0 Å². The summed E-state index contributed by atoms with van der Waals surface area (Å²) in [4.78, 5) is 15.3. The van der Waals surface area contributed by atoms with Crippen molar-refractivity contribution in [1.29, 1.82) is 0 Å². The Balaban J connectivity index is 1.92. The molecule has 4 heteroatoms. The molecule has 2 N–H and O–H groups in total. The number of carbonyl (C=O) groups excluding carboxylic acids is 1. The average molecular weight is 219 g/mol. The lowest BCUT2D eigenvalue weighted by molar-refractivity contribution is -0.378. The smallest absolute Gasteiger partial charge is 0.261 e. The first-order chi connectivity index (χ1) is 7.36. The van der Waals surface area contributed by atoms with Gasteiger partial charge in [-0.15, -0.1) is 11.3 Å². The van der Waals surface area contributed by atoms with Crippen molar-refractivity contribution in [2.75, 3.05) is 0 Å². The standard InChI is InChI=1S/C11H10N2OS/c14-11(10-4-2-6-15-10)13-8-9-3-1-5-12-7-9/h1-7H,8H2,(H,13,14)/p+1. The molecule has 0 fully saturated rings. The van der Waals surface area contributed by atoms with Crippen LogP contribution >= 0.6 is 11.3 Å². The van der Waals surface area contributed by atoms with Crippen LogP contribution in [0.15, 0.2) is 42.0 Å². The fourth-order valence-corrected chi connectivity index (χ4v) is 1.86. The molecule has 0 saturated heterocycles. The van der Waals surface area contributed by atoms with Gasteiger partial charge in [-0.25, -0.2) is 4.98 Å². The molecule has 1 amide bonds. The van der Waals surface area contributed by atoms with Crippen LogP contribution in [0.1, 0.15) is 15.2 Å². The van der Waals surface area contributed by atoms with E-state index in [0.29, 0.717) is 6.54 Å². The van der Waals surface area contributed by atoms with Crippen LogP contribution in [0.5, 0.6) is 0 Å². The Morgan fingerprint density at radius 2 is 2.33 bits per heavy atom. The number of hydrogen-bond acceptors (Lipinski definition) is 2. The first-order valence-corrected chi connectivity index (χ1v) is 5.51. The normalized spacial score (nSPS) is 9.87. The van der Waals surface area contributed by atoms with Crippen LogP contribution in [0.25, 0.3) is 0 Å². The number of H-pyrrole nitrogens is 1. The van der Waals surface area contributed by atoms with Crippen molar-refractivity contribution in [2.45, 2.75) is 6.54 Å². The molecule has 0 bridgehead atoms. The fourth-order valence-electron chi connectivity index (χ4n) is 1.22. The largest absolute Gasteiger partial charge is 0.347 e. The van der Waals surface area contributed by atoms with Crippen LogP contribution in [-0.2, 0) is 6.54 Å². The molecule has 2 aromatic rings. The number of amides is 1.